The Morgan fingerprint density at radius 3 is 2.64 bits per heavy atom. The first-order valence-electron chi connectivity index (χ1n) is 2.74. The molecule has 1 heterocycles. The number of amidine groups is 1. The van der Waals surface area contributed by atoms with E-state index in [0.29, 0.717) is 0 Å². The molecule has 1 aromatic heterocycles. The highest BCUT2D eigenvalue weighted by Crippen LogP contribution is 1.84. The molecule has 0 bridgehead atoms. The van der Waals surface area contributed by atoms with Crippen molar-refractivity contribution in [1.29, 1.82) is 5.41 Å². The topological polar surface area (TPSA) is 82.7 Å². The van der Waals surface area contributed by atoms with Crippen molar-refractivity contribution < 1.29 is 0 Å². The second-order valence-corrected chi connectivity index (χ2v) is 1.83. The number of nitrogen functional groups attached to an aromatic ring is 1. The van der Waals surface area contributed by atoms with E-state index in [4.69, 9.17) is 11.1 Å². The Kier molecular flexibility index (Phi) is 3.33. The Morgan fingerprint density at radius 2 is 2.27 bits per heavy atom. The van der Waals surface area contributed by atoms with Crippen molar-refractivity contribution in [3.8, 4) is 0 Å². The largest absolute Gasteiger partial charge is 0.384 e. The minimum atomic E-state index is -0.324. The number of H-pyrrole nitrogens is 1. The van der Waals surface area contributed by atoms with Crippen molar-refractivity contribution in [2.24, 2.45) is 5.73 Å². The van der Waals surface area contributed by atoms with Crippen molar-refractivity contribution in [2.45, 2.75) is 0 Å². The fraction of sp³-hybridized carbons (Fsp3) is 0. The van der Waals surface area contributed by atoms with E-state index in [1.54, 1.807) is 6.07 Å². The highest BCUT2D eigenvalue weighted by molar-refractivity contribution is 5.94. The summed E-state index contributed by atoms with van der Waals surface area (Å²) in [6.07, 6.45) is 1.49. The highest BCUT2D eigenvalue weighted by atomic mass is 35.5. The van der Waals surface area contributed by atoms with Gasteiger partial charge in [0.15, 0.2) is 0 Å². The number of rotatable bonds is 1. The molecule has 0 aliphatic heterocycles. The lowest BCUT2D eigenvalue weighted by Crippen LogP contribution is -2.22. The van der Waals surface area contributed by atoms with Crippen molar-refractivity contribution in [2.75, 3.05) is 0 Å². The lowest BCUT2D eigenvalue weighted by Gasteiger charge is -1.92. The van der Waals surface area contributed by atoms with Crippen LogP contribution in [-0.2, 0) is 0 Å². The molecule has 0 radical (unpaired) electrons. The molecule has 0 aliphatic rings. The van der Waals surface area contributed by atoms with Crippen LogP contribution in [0.5, 0.6) is 0 Å². The van der Waals surface area contributed by atoms with Crippen LogP contribution in [0.1, 0.15) is 5.56 Å². The SMILES string of the molecule is Cl.N=C(N)c1ccc[nH]c1=O. The molecule has 0 atom stereocenters. The standard InChI is InChI=1S/C6H7N3O.ClH/c7-5(8)4-2-1-3-9-6(4)10;/h1-3H,(H3,7,8)(H,9,10);1H. The van der Waals surface area contributed by atoms with Crippen LogP contribution in [-0.4, -0.2) is 10.8 Å². The first-order valence-corrected chi connectivity index (χ1v) is 2.74. The molecular weight excluding hydrogens is 166 g/mol. The second kappa shape index (κ2) is 3.78. The van der Waals surface area contributed by atoms with E-state index >= 15 is 0 Å². The van der Waals surface area contributed by atoms with Crippen LogP contribution in [0.3, 0.4) is 0 Å². The molecule has 1 aromatic rings. The first kappa shape index (κ1) is 9.71. The normalized spacial score (nSPS) is 8.36. The molecule has 0 aromatic carbocycles. The van der Waals surface area contributed by atoms with E-state index in [2.05, 4.69) is 4.98 Å². The molecule has 0 unspecified atom stereocenters. The lowest BCUT2D eigenvalue weighted by molar-refractivity contribution is 1.21. The monoisotopic (exact) mass is 173 g/mol. The summed E-state index contributed by atoms with van der Waals surface area (Å²) >= 11 is 0. The fourth-order valence-corrected chi connectivity index (χ4v) is 0.634. The highest BCUT2D eigenvalue weighted by Gasteiger charge is 1.98. The van der Waals surface area contributed by atoms with Gasteiger partial charge in [0, 0.05) is 6.20 Å². The quantitative estimate of drug-likeness (QED) is 0.415. The van der Waals surface area contributed by atoms with Gasteiger partial charge >= 0.3 is 0 Å². The summed E-state index contributed by atoms with van der Waals surface area (Å²) < 4.78 is 0. The van der Waals surface area contributed by atoms with Gasteiger partial charge in [0.1, 0.15) is 5.84 Å². The Morgan fingerprint density at radius 1 is 1.64 bits per heavy atom. The minimum absolute atomic E-state index is 0. The average Bonchev–Trinajstić information content (AvgIpc) is 1.88. The van der Waals surface area contributed by atoms with Crippen LogP contribution in [0.25, 0.3) is 0 Å². The number of nitrogens with one attached hydrogen (secondary N) is 2. The zero-order chi connectivity index (χ0) is 7.56. The van der Waals surface area contributed by atoms with Gasteiger partial charge in [0.05, 0.1) is 5.56 Å². The van der Waals surface area contributed by atoms with E-state index in [1.807, 2.05) is 0 Å². The maximum absolute atomic E-state index is 10.8. The summed E-state index contributed by atoms with van der Waals surface area (Å²) in [5.41, 5.74) is 4.96. The first-order chi connectivity index (χ1) is 4.72. The van der Waals surface area contributed by atoms with E-state index < -0.39 is 0 Å². The predicted octanol–water partition coefficient (Wildman–Crippen LogP) is 0.0808. The summed E-state index contributed by atoms with van der Waals surface area (Å²) in [7, 11) is 0. The molecule has 5 heteroatoms. The van der Waals surface area contributed by atoms with Gasteiger partial charge in [-0.2, -0.15) is 0 Å². The smallest absolute Gasteiger partial charge is 0.258 e. The molecule has 4 N–H and O–H groups in total. The molecule has 0 fully saturated rings. The Labute approximate surface area is 69.4 Å². The molecule has 60 valence electrons. The van der Waals surface area contributed by atoms with Crippen molar-refractivity contribution in [3.63, 3.8) is 0 Å². The van der Waals surface area contributed by atoms with Crippen LogP contribution < -0.4 is 11.3 Å². The van der Waals surface area contributed by atoms with Crippen LogP contribution in [0.2, 0.25) is 0 Å². The molecular formula is C6H8ClN3O. The van der Waals surface area contributed by atoms with Crippen LogP contribution in [0.4, 0.5) is 0 Å². The molecule has 4 nitrogen and oxygen atoms in total. The summed E-state index contributed by atoms with van der Waals surface area (Å²) in [5, 5.41) is 6.93. The molecule has 1 rings (SSSR count). The number of nitrogens with two attached hydrogens (primary N) is 1. The van der Waals surface area contributed by atoms with Crippen LogP contribution >= 0.6 is 12.4 Å². The molecule has 0 aliphatic carbocycles. The fourth-order valence-electron chi connectivity index (χ4n) is 0.634. The number of hydrogen-bond donors (Lipinski definition) is 3. The zero-order valence-electron chi connectivity index (χ0n) is 5.63. The number of aromatic amines is 1. The maximum Gasteiger partial charge on any atom is 0.258 e. The van der Waals surface area contributed by atoms with E-state index in [-0.39, 0.29) is 29.4 Å². The van der Waals surface area contributed by atoms with E-state index in [9.17, 15) is 4.79 Å². The van der Waals surface area contributed by atoms with Gasteiger partial charge in [0.2, 0.25) is 0 Å². The Balaban J connectivity index is 0.000001000. The van der Waals surface area contributed by atoms with Crippen molar-refractivity contribution in [3.05, 3.63) is 34.2 Å². The second-order valence-electron chi connectivity index (χ2n) is 1.83. The molecule has 0 saturated heterocycles. The van der Waals surface area contributed by atoms with Crippen molar-refractivity contribution in [1.82, 2.24) is 4.98 Å². The van der Waals surface area contributed by atoms with E-state index in [1.165, 1.54) is 12.3 Å². The van der Waals surface area contributed by atoms with Gasteiger partial charge < -0.3 is 10.7 Å². The summed E-state index contributed by atoms with van der Waals surface area (Å²) in [6, 6.07) is 3.12. The third-order valence-corrected chi connectivity index (χ3v) is 1.11. The van der Waals surface area contributed by atoms with Crippen LogP contribution in [0, 0.1) is 5.41 Å². The number of halogens is 1. The summed E-state index contributed by atoms with van der Waals surface area (Å²) in [6.45, 7) is 0. The lowest BCUT2D eigenvalue weighted by atomic mass is 10.3. The summed E-state index contributed by atoms with van der Waals surface area (Å²) in [5.74, 6) is -0.207. The van der Waals surface area contributed by atoms with Crippen molar-refractivity contribution >= 4 is 18.2 Å². The van der Waals surface area contributed by atoms with E-state index in [0.717, 1.165) is 0 Å². The maximum atomic E-state index is 10.8. The van der Waals surface area contributed by atoms with Gasteiger partial charge in [-0.15, -0.1) is 12.4 Å². The van der Waals surface area contributed by atoms with Crippen LogP contribution in [0.15, 0.2) is 23.1 Å². The van der Waals surface area contributed by atoms with Gasteiger partial charge in [-0.1, -0.05) is 0 Å². The van der Waals surface area contributed by atoms with Gasteiger partial charge in [-0.05, 0) is 12.1 Å². The Hall–Kier alpha value is -1.29. The average molecular weight is 174 g/mol. The zero-order valence-corrected chi connectivity index (χ0v) is 6.44. The summed E-state index contributed by atoms with van der Waals surface area (Å²) in [4.78, 5) is 13.2. The Bertz CT molecular complexity index is 307. The minimum Gasteiger partial charge on any atom is -0.384 e. The van der Waals surface area contributed by atoms with Gasteiger partial charge in [-0.25, -0.2) is 0 Å². The molecule has 0 spiro atoms. The number of aromatic nitrogens is 1. The molecule has 11 heavy (non-hydrogen) atoms. The number of pyridine rings is 1. The third kappa shape index (κ3) is 2.09. The molecule has 0 amide bonds. The number of hydrogen-bond acceptors (Lipinski definition) is 2. The molecule has 0 saturated carbocycles. The predicted molar refractivity (Wildman–Crippen MR) is 45.3 cm³/mol. The van der Waals surface area contributed by atoms with Gasteiger partial charge in [-0.3, -0.25) is 10.2 Å². The third-order valence-electron chi connectivity index (χ3n) is 1.11. The van der Waals surface area contributed by atoms with Gasteiger partial charge in [0.25, 0.3) is 5.56 Å².